The molecule has 0 aliphatic heterocycles. The van der Waals surface area contributed by atoms with Crippen molar-refractivity contribution in [1.82, 2.24) is 0 Å². The van der Waals surface area contributed by atoms with Gasteiger partial charge in [0.2, 0.25) is 0 Å². The number of allylic oxidation sites excluding steroid dienone is 3. The lowest BCUT2D eigenvalue weighted by atomic mass is 9.95. The molecule has 0 amide bonds. The summed E-state index contributed by atoms with van der Waals surface area (Å²) in [4.78, 5) is 0. The first-order valence-electron chi connectivity index (χ1n) is 5.03. The molecule has 0 atom stereocenters. The van der Waals surface area contributed by atoms with Crippen molar-refractivity contribution in [2.75, 3.05) is 0 Å². The smallest absolute Gasteiger partial charge is 0.0409 e. The molecule has 0 spiro atoms. The van der Waals surface area contributed by atoms with Crippen molar-refractivity contribution in [1.29, 1.82) is 0 Å². The Morgan fingerprint density at radius 2 is 1.80 bits per heavy atom. The van der Waals surface area contributed by atoms with Gasteiger partial charge in [0.1, 0.15) is 0 Å². The lowest BCUT2D eigenvalue weighted by Crippen LogP contribution is -1.90. The van der Waals surface area contributed by atoms with E-state index in [0.29, 0.717) is 0 Å². The fourth-order valence-electron chi connectivity index (χ4n) is 1.57. The predicted molar refractivity (Wildman–Crippen MR) is 69.3 cm³/mol. The van der Waals surface area contributed by atoms with E-state index in [1.807, 2.05) is 19.1 Å². The number of benzene rings is 1. The van der Waals surface area contributed by atoms with Crippen LogP contribution in [0.3, 0.4) is 0 Å². The van der Waals surface area contributed by atoms with Crippen LogP contribution in [0.25, 0.3) is 5.57 Å². The van der Waals surface area contributed by atoms with Gasteiger partial charge in [0, 0.05) is 5.02 Å². The third-order valence-electron chi connectivity index (χ3n) is 2.80. The van der Waals surface area contributed by atoms with Crippen LogP contribution >= 0.6 is 11.6 Å². The highest BCUT2D eigenvalue weighted by molar-refractivity contribution is 6.30. The van der Waals surface area contributed by atoms with E-state index in [9.17, 15) is 0 Å². The van der Waals surface area contributed by atoms with E-state index >= 15 is 0 Å². The van der Waals surface area contributed by atoms with Gasteiger partial charge in [-0.25, -0.2) is 0 Å². The van der Waals surface area contributed by atoms with Crippen LogP contribution in [0.4, 0.5) is 0 Å². The van der Waals surface area contributed by atoms with Gasteiger partial charge in [0.25, 0.3) is 0 Å². The topological polar surface area (TPSA) is 0 Å². The molecule has 0 unspecified atom stereocenters. The highest BCUT2D eigenvalue weighted by Gasteiger charge is 2.04. The molecule has 0 N–H and O–H groups in total. The first kappa shape index (κ1) is 12.1. The summed E-state index contributed by atoms with van der Waals surface area (Å²) < 4.78 is 0. The quantitative estimate of drug-likeness (QED) is 0.614. The Morgan fingerprint density at radius 3 is 2.27 bits per heavy atom. The number of halogens is 1. The van der Waals surface area contributed by atoms with E-state index in [1.165, 1.54) is 22.3 Å². The largest absolute Gasteiger partial charge is 0.0958 e. The summed E-state index contributed by atoms with van der Waals surface area (Å²) in [7, 11) is 0. The molecule has 0 aliphatic rings. The molecular weight excluding hydrogens is 204 g/mol. The van der Waals surface area contributed by atoms with E-state index in [1.54, 1.807) is 0 Å². The maximum absolute atomic E-state index is 5.93. The van der Waals surface area contributed by atoms with Crippen LogP contribution in [-0.2, 0) is 0 Å². The maximum Gasteiger partial charge on any atom is 0.0409 e. The Kier molecular flexibility index (Phi) is 3.76. The normalized spacial score (nSPS) is 12.3. The molecule has 15 heavy (non-hydrogen) atoms. The van der Waals surface area contributed by atoms with Crippen LogP contribution in [-0.4, -0.2) is 0 Å². The van der Waals surface area contributed by atoms with E-state index in [0.717, 1.165) is 10.6 Å². The third kappa shape index (κ3) is 2.73. The zero-order chi connectivity index (χ0) is 11.6. The van der Waals surface area contributed by atoms with Crippen molar-refractivity contribution in [3.63, 3.8) is 0 Å². The van der Waals surface area contributed by atoms with Gasteiger partial charge in [-0.3, -0.25) is 0 Å². The number of aryl methyl sites for hydroxylation is 1. The van der Waals surface area contributed by atoms with Gasteiger partial charge in [0.15, 0.2) is 0 Å². The molecule has 0 bridgehead atoms. The highest BCUT2D eigenvalue weighted by Crippen LogP contribution is 2.26. The second kappa shape index (κ2) is 4.67. The lowest BCUT2D eigenvalue weighted by molar-refractivity contribution is 1.32. The van der Waals surface area contributed by atoms with E-state index < -0.39 is 0 Å². The van der Waals surface area contributed by atoms with E-state index in [2.05, 4.69) is 33.4 Å². The zero-order valence-electron chi connectivity index (χ0n) is 9.82. The number of hydrogen-bond donors (Lipinski definition) is 0. The Hall–Kier alpha value is -1.01. The second-order valence-corrected chi connectivity index (χ2v) is 4.43. The minimum absolute atomic E-state index is 0.789. The Morgan fingerprint density at radius 1 is 1.20 bits per heavy atom. The summed E-state index contributed by atoms with van der Waals surface area (Å²) in [6.07, 6.45) is 0. The van der Waals surface area contributed by atoms with Gasteiger partial charge in [0.05, 0.1) is 0 Å². The molecule has 80 valence electrons. The zero-order valence-corrected chi connectivity index (χ0v) is 10.6. The average Bonchev–Trinajstić information content (AvgIpc) is 2.15. The van der Waals surface area contributed by atoms with Crippen molar-refractivity contribution < 1.29 is 0 Å². The minimum Gasteiger partial charge on any atom is -0.0958 e. The van der Waals surface area contributed by atoms with Crippen LogP contribution in [0.5, 0.6) is 0 Å². The summed E-state index contributed by atoms with van der Waals surface area (Å²) in [5, 5.41) is 0.789. The van der Waals surface area contributed by atoms with Crippen LogP contribution in [0.1, 0.15) is 31.9 Å². The molecule has 0 aliphatic carbocycles. The van der Waals surface area contributed by atoms with Gasteiger partial charge < -0.3 is 0 Å². The molecule has 0 radical (unpaired) electrons. The summed E-state index contributed by atoms with van der Waals surface area (Å²) in [6, 6.07) is 5.99. The minimum atomic E-state index is 0.789. The molecule has 1 aromatic carbocycles. The second-order valence-electron chi connectivity index (χ2n) is 3.99. The maximum atomic E-state index is 5.93. The molecule has 1 aromatic rings. The van der Waals surface area contributed by atoms with Gasteiger partial charge in [-0.15, -0.1) is 0 Å². The molecule has 1 heteroatoms. The molecular formula is C14H17Cl. The fraction of sp³-hybridized carbons (Fsp3) is 0.286. The summed E-state index contributed by atoms with van der Waals surface area (Å²) in [6.45, 7) is 12.3. The Labute approximate surface area is 97.3 Å². The first-order valence-corrected chi connectivity index (χ1v) is 5.41. The molecule has 0 nitrogen and oxygen atoms in total. The van der Waals surface area contributed by atoms with Gasteiger partial charge >= 0.3 is 0 Å². The Bertz CT molecular complexity index is 425. The summed E-state index contributed by atoms with van der Waals surface area (Å²) in [5.74, 6) is 0. The van der Waals surface area contributed by atoms with Crippen molar-refractivity contribution in [3.05, 3.63) is 52.1 Å². The summed E-state index contributed by atoms with van der Waals surface area (Å²) in [5.41, 5.74) is 6.10. The van der Waals surface area contributed by atoms with E-state index in [-0.39, 0.29) is 0 Å². The fourth-order valence-corrected chi connectivity index (χ4v) is 1.80. The molecule has 0 fully saturated rings. The van der Waals surface area contributed by atoms with Gasteiger partial charge in [-0.2, -0.15) is 0 Å². The van der Waals surface area contributed by atoms with Crippen molar-refractivity contribution in [3.8, 4) is 0 Å². The van der Waals surface area contributed by atoms with Crippen molar-refractivity contribution in [2.24, 2.45) is 0 Å². The van der Waals surface area contributed by atoms with Crippen LogP contribution in [0, 0.1) is 6.92 Å². The van der Waals surface area contributed by atoms with Crippen molar-refractivity contribution in [2.45, 2.75) is 27.7 Å². The Balaban J connectivity index is 3.29. The molecule has 0 heterocycles. The number of rotatable bonds is 2. The molecule has 0 saturated heterocycles. The van der Waals surface area contributed by atoms with E-state index in [4.69, 9.17) is 11.6 Å². The van der Waals surface area contributed by atoms with Gasteiger partial charge in [-0.1, -0.05) is 29.8 Å². The van der Waals surface area contributed by atoms with Crippen LogP contribution in [0.2, 0.25) is 5.02 Å². The summed E-state index contributed by atoms with van der Waals surface area (Å²) >= 11 is 5.93. The van der Waals surface area contributed by atoms with Crippen LogP contribution < -0.4 is 0 Å². The van der Waals surface area contributed by atoms with Crippen LogP contribution in [0.15, 0.2) is 35.9 Å². The molecule has 0 aromatic heterocycles. The third-order valence-corrected chi connectivity index (χ3v) is 3.03. The predicted octanol–water partition coefficient (Wildman–Crippen LogP) is 5.02. The first-order chi connectivity index (χ1) is 6.93. The van der Waals surface area contributed by atoms with Gasteiger partial charge in [-0.05, 0) is 62.1 Å². The SMILES string of the molecule is C=C(C)/C(C)=C(\C)c1ccc(Cl)cc1C. The standard InChI is InChI=1S/C14H17Cl/c1-9(2)11(4)12(5)14-7-6-13(15)8-10(14)3/h6-8H,1H2,2-5H3/b12-11+. The molecule has 0 saturated carbocycles. The van der Waals surface area contributed by atoms with Crippen molar-refractivity contribution >= 4 is 17.2 Å². The monoisotopic (exact) mass is 220 g/mol. The highest BCUT2D eigenvalue weighted by atomic mass is 35.5. The number of hydrogen-bond acceptors (Lipinski definition) is 0. The average molecular weight is 221 g/mol. The molecule has 1 rings (SSSR count). The lowest BCUT2D eigenvalue weighted by Gasteiger charge is -2.11.